The third-order valence-corrected chi connectivity index (χ3v) is 4.92. The van der Waals surface area contributed by atoms with Crippen LogP contribution in [0.4, 0.5) is 10.5 Å². The lowest BCUT2D eigenvalue weighted by Crippen LogP contribution is -2.53. The third kappa shape index (κ3) is 4.87. The number of hydrogen-bond donors (Lipinski definition) is 2. The fraction of sp³-hybridized carbons (Fsp3) is 0.579. The highest BCUT2D eigenvalue weighted by Gasteiger charge is 2.24. The molecule has 0 aromatic heterocycles. The molecule has 0 saturated carbocycles. The predicted molar refractivity (Wildman–Crippen MR) is 98.6 cm³/mol. The summed E-state index contributed by atoms with van der Waals surface area (Å²) in [5.74, 6) is 0.194. The molecule has 2 unspecified atom stereocenters. The second-order valence-electron chi connectivity index (χ2n) is 7.08. The first-order valence-electron chi connectivity index (χ1n) is 9.26. The number of piperidine rings is 1. The molecule has 25 heavy (non-hydrogen) atoms. The minimum Gasteiger partial charge on any atom is -0.369 e. The summed E-state index contributed by atoms with van der Waals surface area (Å²) < 4.78 is 0. The van der Waals surface area contributed by atoms with Crippen LogP contribution in [-0.2, 0) is 4.79 Å². The van der Waals surface area contributed by atoms with Gasteiger partial charge in [0.25, 0.3) is 0 Å². The van der Waals surface area contributed by atoms with Crippen molar-refractivity contribution in [2.24, 2.45) is 0 Å². The van der Waals surface area contributed by atoms with Gasteiger partial charge in [0.15, 0.2) is 0 Å². The van der Waals surface area contributed by atoms with Crippen molar-refractivity contribution in [1.82, 2.24) is 15.5 Å². The maximum Gasteiger partial charge on any atom is 0.315 e. The van der Waals surface area contributed by atoms with Crippen molar-refractivity contribution >= 4 is 17.6 Å². The fourth-order valence-corrected chi connectivity index (χ4v) is 3.69. The lowest BCUT2D eigenvalue weighted by molar-refractivity contribution is -0.127. The molecule has 2 saturated heterocycles. The Morgan fingerprint density at radius 3 is 2.76 bits per heavy atom. The van der Waals surface area contributed by atoms with E-state index in [9.17, 15) is 9.59 Å². The molecule has 2 heterocycles. The molecule has 6 heteroatoms. The molecule has 1 aromatic rings. The fourth-order valence-electron chi connectivity index (χ4n) is 3.69. The lowest BCUT2D eigenvalue weighted by Gasteiger charge is -2.35. The van der Waals surface area contributed by atoms with Crippen molar-refractivity contribution in [3.8, 4) is 0 Å². The number of carbonyl (C=O) groups excluding carboxylic acids is 2. The molecular formula is C19H28N4O2. The van der Waals surface area contributed by atoms with Gasteiger partial charge in [-0.25, -0.2) is 4.79 Å². The topological polar surface area (TPSA) is 64.7 Å². The molecule has 3 amide bonds. The van der Waals surface area contributed by atoms with E-state index in [1.54, 1.807) is 0 Å². The number of nitrogens with zero attached hydrogens (tertiary/aromatic N) is 2. The van der Waals surface area contributed by atoms with Crippen LogP contribution in [0.15, 0.2) is 30.3 Å². The molecule has 2 N–H and O–H groups in total. The van der Waals surface area contributed by atoms with Crippen LogP contribution in [0.2, 0.25) is 0 Å². The zero-order valence-electron chi connectivity index (χ0n) is 14.9. The van der Waals surface area contributed by atoms with Crippen LogP contribution in [0.3, 0.4) is 0 Å². The van der Waals surface area contributed by atoms with E-state index >= 15 is 0 Å². The van der Waals surface area contributed by atoms with Gasteiger partial charge in [-0.3, -0.25) is 4.79 Å². The summed E-state index contributed by atoms with van der Waals surface area (Å²) in [7, 11) is 0. The second kappa shape index (κ2) is 8.23. The van der Waals surface area contributed by atoms with Crippen molar-refractivity contribution in [3.05, 3.63) is 30.3 Å². The van der Waals surface area contributed by atoms with Gasteiger partial charge in [0, 0.05) is 50.4 Å². The van der Waals surface area contributed by atoms with Crippen molar-refractivity contribution in [2.45, 2.75) is 44.7 Å². The molecule has 1 aromatic carbocycles. The predicted octanol–water partition coefficient (Wildman–Crippen LogP) is 1.97. The Bertz CT molecular complexity index is 592. The first kappa shape index (κ1) is 17.6. The van der Waals surface area contributed by atoms with Gasteiger partial charge in [0.2, 0.25) is 5.91 Å². The Morgan fingerprint density at radius 2 is 2.04 bits per heavy atom. The molecule has 0 radical (unpaired) electrons. The number of urea groups is 1. The largest absolute Gasteiger partial charge is 0.369 e. The van der Waals surface area contributed by atoms with Crippen molar-refractivity contribution in [1.29, 1.82) is 0 Å². The van der Waals surface area contributed by atoms with Gasteiger partial charge in [-0.15, -0.1) is 0 Å². The molecule has 2 aliphatic heterocycles. The van der Waals surface area contributed by atoms with Crippen LogP contribution in [-0.4, -0.2) is 55.1 Å². The van der Waals surface area contributed by atoms with E-state index in [0.29, 0.717) is 13.0 Å². The number of anilines is 1. The smallest absolute Gasteiger partial charge is 0.315 e. The molecule has 6 nitrogen and oxygen atoms in total. The number of hydrogen-bond acceptors (Lipinski definition) is 3. The third-order valence-electron chi connectivity index (χ3n) is 4.92. The van der Waals surface area contributed by atoms with Crippen LogP contribution in [0, 0.1) is 0 Å². The molecule has 0 bridgehead atoms. The summed E-state index contributed by atoms with van der Waals surface area (Å²) in [6.07, 6.45) is 3.62. The summed E-state index contributed by atoms with van der Waals surface area (Å²) in [5, 5.41) is 6.06. The van der Waals surface area contributed by atoms with Gasteiger partial charge in [0.05, 0.1) is 0 Å². The average molecular weight is 344 g/mol. The van der Waals surface area contributed by atoms with E-state index < -0.39 is 0 Å². The number of nitrogens with one attached hydrogen (secondary N) is 2. The van der Waals surface area contributed by atoms with Crippen molar-refractivity contribution in [3.63, 3.8) is 0 Å². The molecular weight excluding hydrogens is 316 g/mol. The SMILES string of the molecule is CC(CN1CCCC1=O)NC(=O)NC1CCCN(c2ccccc2)C1. The van der Waals surface area contributed by atoms with E-state index in [2.05, 4.69) is 27.7 Å². The number of benzene rings is 1. The zero-order valence-corrected chi connectivity index (χ0v) is 14.9. The normalized spacial score (nSPS) is 22.0. The maximum atomic E-state index is 12.3. The summed E-state index contributed by atoms with van der Waals surface area (Å²) >= 11 is 0. The highest BCUT2D eigenvalue weighted by atomic mass is 16.2. The van der Waals surface area contributed by atoms with Gasteiger partial charge in [0.1, 0.15) is 0 Å². The second-order valence-corrected chi connectivity index (χ2v) is 7.08. The highest BCUT2D eigenvalue weighted by molar-refractivity contribution is 5.78. The van der Waals surface area contributed by atoms with Gasteiger partial charge >= 0.3 is 6.03 Å². The summed E-state index contributed by atoms with van der Waals surface area (Å²) in [4.78, 5) is 28.1. The molecule has 0 spiro atoms. The van der Waals surface area contributed by atoms with E-state index in [4.69, 9.17) is 0 Å². The first-order valence-corrected chi connectivity index (χ1v) is 9.26. The minimum absolute atomic E-state index is 0.0455. The van der Waals surface area contributed by atoms with E-state index in [1.165, 1.54) is 5.69 Å². The quantitative estimate of drug-likeness (QED) is 0.858. The molecule has 0 aliphatic carbocycles. The lowest BCUT2D eigenvalue weighted by atomic mass is 10.1. The van der Waals surface area contributed by atoms with Crippen molar-refractivity contribution in [2.75, 3.05) is 31.1 Å². The summed E-state index contributed by atoms with van der Waals surface area (Å²) in [5.41, 5.74) is 1.20. The number of carbonyl (C=O) groups is 2. The van der Waals surface area contributed by atoms with Gasteiger partial charge < -0.3 is 20.4 Å². The average Bonchev–Trinajstić information content (AvgIpc) is 3.00. The number of amides is 3. The Morgan fingerprint density at radius 1 is 1.24 bits per heavy atom. The summed E-state index contributed by atoms with van der Waals surface area (Å²) in [6, 6.07) is 10.3. The monoisotopic (exact) mass is 344 g/mol. The van der Waals surface area contributed by atoms with Crippen LogP contribution in [0.5, 0.6) is 0 Å². The molecule has 3 rings (SSSR count). The van der Waals surface area contributed by atoms with Gasteiger partial charge in [-0.2, -0.15) is 0 Å². The Hall–Kier alpha value is -2.24. The number of likely N-dealkylation sites (tertiary alicyclic amines) is 1. The molecule has 136 valence electrons. The Labute approximate surface area is 149 Å². The maximum absolute atomic E-state index is 12.3. The van der Waals surface area contributed by atoms with Gasteiger partial charge in [-0.05, 0) is 38.3 Å². The standard InChI is InChI=1S/C19H28N4O2/c1-15(13-23-12-6-10-18(23)24)20-19(25)21-16-7-5-11-22(14-16)17-8-3-2-4-9-17/h2-4,8-9,15-16H,5-7,10-14H2,1H3,(H2,20,21,25). The van der Waals surface area contributed by atoms with Crippen molar-refractivity contribution < 1.29 is 9.59 Å². The number of rotatable bonds is 5. The Kier molecular flexibility index (Phi) is 5.79. The van der Waals surface area contributed by atoms with Crippen LogP contribution in [0.1, 0.15) is 32.6 Å². The van der Waals surface area contributed by atoms with E-state index in [-0.39, 0.29) is 24.0 Å². The van der Waals surface area contributed by atoms with Crippen LogP contribution in [0.25, 0.3) is 0 Å². The Balaban J connectivity index is 1.45. The molecule has 2 fully saturated rings. The highest BCUT2D eigenvalue weighted by Crippen LogP contribution is 2.19. The molecule has 2 aliphatic rings. The summed E-state index contributed by atoms with van der Waals surface area (Å²) in [6.45, 7) is 5.20. The van der Waals surface area contributed by atoms with Crippen LogP contribution < -0.4 is 15.5 Å². The first-order chi connectivity index (χ1) is 12.1. The van der Waals surface area contributed by atoms with E-state index in [1.807, 2.05) is 30.0 Å². The molecule has 2 atom stereocenters. The van der Waals surface area contributed by atoms with E-state index in [0.717, 1.165) is 38.9 Å². The number of para-hydroxylation sites is 1. The van der Waals surface area contributed by atoms with Crippen LogP contribution >= 0.6 is 0 Å². The minimum atomic E-state index is -0.140. The van der Waals surface area contributed by atoms with Gasteiger partial charge in [-0.1, -0.05) is 18.2 Å². The zero-order chi connectivity index (χ0) is 17.6.